The Morgan fingerprint density at radius 1 is 1.07 bits per heavy atom. The van der Waals surface area contributed by atoms with Crippen LogP contribution < -0.4 is 0 Å². The van der Waals surface area contributed by atoms with Crippen molar-refractivity contribution in [3.05, 3.63) is 34.9 Å². The first kappa shape index (κ1) is 36.2. The van der Waals surface area contributed by atoms with Crippen LogP contribution in [0.5, 0.6) is 0 Å². The molecule has 2 fully saturated rings. The van der Waals surface area contributed by atoms with Gasteiger partial charge in [0.05, 0.1) is 12.2 Å². The highest BCUT2D eigenvalue weighted by Gasteiger charge is 2.88. The van der Waals surface area contributed by atoms with E-state index in [4.69, 9.17) is 9.47 Å². The maximum atomic E-state index is 13.5. The van der Waals surface area contributed by atoms with Gasteiger partial charge in [-0.15, -0.1) is 0 Å². The molecule has 0 aliphatic heterocycles. The van der Waals surface area contributed by atoms with Crippen LogP contribution in [0.25, 0.3) is 0 Å². The predicted octanol–water partition coefficient (Wildman–Crippen LogP) is 5.77. The number of hydrogen-bond donors (Lipinski definition) is 3. The van der Waals surface area contributed by atoms with Crippen LogP contribution in [0.3, 0.4) is 0 Å². The van der Waals surface area contributed by atoms with E-state index in [0.717, 1.165) is 19.3 Å². The van der Waals surface area contributed by atoms with Crippen molar-refractivity contribution in [3.63, 3.8) is 0 Å². The van der Waals surface area contributed by atoms with Crippen LogP contribution in [-0.2, 0) is 23.9 Å². The first-order valence-corrected chi connectivity index (χ1v) is 16.2. The lowest BCUT2D eigenvalue weighted by Crippen LogP contribution is -2.66. The van der Waals surface area contributed by atoms with Crippen LogP contribution in [0.4, 0.5) is 0 Å². The molecule has 4 aliphatic rings. The number of unbranched alkanes of at least 4 members (excludes halogenated alkanes) is 6. The van der Waals surface area contributed by atoms with Gasteiger partial charge < -0.3 is 24.8 Å². The molecular weight excluding hydrogens is 560 g/mol. The van der Waals surface area contributed by atoms with Gasteiger partial charge in [-0.2, -0.15) is 0 Å². The molecule has 44 heavy (non-hydrogen) atoms. The molecule has 0 spiro atoms. The van der Waals surface area contributed by atoms with E-state index in [9.17, 15) is 29.7 Å². The molecule has 8 atom stereocenters. The Labute approximate surface area is 264 Å². The highest BCUT2D eigenvalue weighted by atomic mass is 16.6. The Balaban J connectivity index is 0.00000529. The predicted molar refractivity (Wildman–Crippen MR) is 169 cm³/mol. The Morgan fingerprint density at radius 3 is 2.27 bits per heavy atom. The summed E-state index contributed by atoms with van der Waals surface area (Å²) in [6.45, 7) is 12.4. The second-order valence-corrected chi connectivity index (χ2v) is 14.1. The van der Waals surface area contributed by atoms with Crippen molar-refractivity contribution in [2.75, 3.05) is 6.61 Å². The molecule has 0 bridgehead atoms. The van der Waals surface area contributed by atoms with Gasteiger partial charge in [-0.1, -0.05) is 91.9 Å². The Bertz CT molecular complexity index is 1210. The van der Waals surface area contributed by atoms with Crippen molar-refractivity contribution in [3.8, 4) is 0 Å². The zero-order valence-electron chi connectivity index (χ0n) is 27.1. The summed E-state index contributed by atoms with van der Waals surface area (Å²) in [5.41, 5.74) is -4.46. The molecular formula is C36H56O8. The summed E-state index contributed by atoms with van der Waals surface area (Å²) in [6.07, 6.45) is 11.6. The summed E-state index contributed by atoms with van der Waals surface area (Å²) in [5, 5.41) is 35.0. The van der Waals surface area contributed by atoms with Gasteiger partial charge in [0.2, 0.25) is 0 Å². The topological polar surface area (TPSA) is 130 Å². The molecule has 8 nitrogen and oxygen atoms in total. The van der Waals surface area contributed by atoms with Crippen LogP contribution in [0.2, 0.25) is 0 Å². The van der Waals surface area contributed by atoms with Gasteiger partial charge in [-0.05, 0) is 38.3 Å². The number of ketones is 1. The van der Waals surface area contributed by atoms with Crippen LogP contribution >= 0.6 is 0 Å². The lowest BCUT2D eigenvalue weighted by molar-refractivity contribution is -0.227. The average molecular weight is 617 g/mol. The highest BCUT2D eigenvalue weighted by Crippen LogP contribution is 2.77. The van der Waals surface area contributed by atoms with Crippen LogP contribution in [0, 0.1) is 29.1 Å². The van der Waals surface area contributed by atoms with E-state index in [1.165, 1.54) is 19.3 Å². The van der Waals surface area contributed by atoms with E-state index in [2.05, 4.69) is 6.92 Å². The van der Waals surface area contributed by atoms with E-state index in [-0.39, 0.29) is 32.8 Å². The number of rotatable bonds is 12. The minimum atomic E-state index is -1.95. The molecule has 0 unspecified atom stereocenters. The molecule has 2 saturated carbocycles. The summed E-state index contributed by atoms with van der Waals surface area (Å²) in [4.78, 5) is 40.0. The van der Waals surface area contributed by atoms with Crippen molar-refractivity contribution in [2.45, 2.75) is 137 Å². The van der Waals surface area contributed by atoms with Gasteiger partial charge >= 0.3 is 11.9 Å². The standard InChI is InChI=1S/C35H52O8.CH4/c1-8-10-11-12-13-14-15-16-27(37)43-35-28(32(35,6)7)25-18-24(20-36)19-33(40)26(17-22(4)29(33)38)34(25,41)23(5)30(35)42-31(39)21(3)9-2;/h9,17-18,23,25-26,28,30,36,40-41H,8,10-16,19-20H2,1-7H3;1H4/b21-9+;/t23-,25+,26-,28-,30-,33-,34-,35-;/m1./s1. The average Bonchev–Trinajstić information content (AvgIpc) is 3.39. The summed E-state index contributed by atoms with van der Waals surface area (Å²) in [6, 6.07) is 0. The van der Waals surface area contributed by atoms with E-state index < -0.39 is 63.7 Å². The van der Waals surface area contributed by atoms with Crippen LogP contribution in [0.15, 0.2) is 34.9 Å². The Morgan fingerprint density at radius 2 is 1.68 bits per heavy atom. The number of Topliss-reactive ketones (excluding diaryl/α,β-unsaturated/α-hetero) is 1. The molecule has 0 aromatic carbocycles. The quantitative estimate of drug-likeness (QED) is 0.109. The molecule has 0 saturated heterocycles. The molecule has 0 amide bonds. The number of allylic oxidation sites excluding steroid dienone is 1. The minimum absolute atomic E-state index is 0. The first-order chi connectivity index (χ1) is 20.2. The van der Waals surface area contributed by atoms with E-state index in [1.54, 1.807) is 45.9 Å². The molecule has 0 aromatic heterocycles. The SMILES string of the molecule is C.C/C=C(\C)C(=O)O[C@@H]1[C@@H](C)[C@@]2(O)[C@@H](C=C(CO)C[C@]3(O)C(=O)C(C)=C[C@@H]23)[C@@H]2C(C)(C)[C@]12OC(=O)CCCCCCCCC. The Hall–Kier alpha value is -2.29. The van der Waals surface area contributed by atoms with Crippen molar-refractivity contribution in [2.24, 2.45) is 29.1 Å². The second-order valence-electron chi connectivity index (χ2n) is 14.1. The van der Waals surface area contributed by atoms with Gasteiger partial charge in [-0.3, -0.25) is 9.59 Å². The van der Waals surface area contributed by atoms with Crippen LogP contribution in [0.1, 0.15) is 114 Å². The fraction of sp³-hybridized carbons (Fsp3) is 0.750. The smallest absolute Gasteiger partial charge is 0.333 e. The number of carbonyl (C=O) groups excluding carboxylic acids is 3. The zero-order chi connectivity index (χ0) is 32.0. The van der Waals surface area contributed by atoms with Crippen LogP contribution in [-0.4, -0.2) is 62.6 Å². The number of fused-ring (bicyclic) bond motifs is 5. The zero-order valence-corrected chi connectivity index (χ0v) is 27.1. The molecule has 248 valence electrons. The van der Waals surface area contributed by atoms with Gasteiger partial charge in [0.1, 0.15) is 11.7 Å². The number of esters is 2. The highest BCUT2D eigenvalue weighted by molar-refractivity contribution is 6.04. The molecule has 3 N–H and O–H groups in total. The lowest BCUT2D eigenvalue weighted by atomic mass is 9.59. The monoisotopic (exact) mass is 616 g/mol. The van der Waals surface area contributed by atoms with E-state index >= 15 is 0 Å². The molecule has 0 radical (unpaired) electrons. The fourth-order valence-electron chi connectivity index (χ4n) is 8.62. The van der Waals surface area contributed by atoms with Gasteiger partial charge in [0.15, 0.2) is 11.4 Å². The van der Waals surface area contributed by atoms with Crippen molar-refractivity contribution < 1.29 is 39.2 Å². The summed E-state index contributed by atoms with van der Waals surface area (Å²) >= 11 is 0. The third-order valence-electron chi connectivity index (χ3n) is 11.2. The lowest BCUT2D eigenvalue weighted by Gasteiger charge is -2.53. The largest absolute Gasteiger partial charge is 0.454 e. The maximum Gasteiger partial charge on any atom is 0.333 e. The van der Waals surface area contributed by atoms with Crippen molar-refractivity contribution in [1.82, 2.24) is 0 Å². The minimum Gasteiger partial charge on any atom is -0.454 e. The number of hydrogen-bond acceptors (Lipinski definition) is 8. The van der Waals surface area contributed by atoms with E-state index in [1.807, 2.05) is 13.8 Å². The number of aliphatic hydroxyl groups excluding tert-OH is 1. The van der Waals surface area contributed by atoms with Gasteiger partial charge in [-0.25, -0.2) is 4.79 Å². The summed E-state index contributed by atoms with van der Waals surface area (Å²) in [7, 11) is 0. The third kappa shape index (κ3) is 5.53. The second kappa shape index (κ2) is 13.2. The molecule has 4 aliphatic carbocycles. The maximum absolute atomic E-state index is 13.5. The van der Waals surface area contributed by atoms with Crippen molar-refractivity contribution >= 4 is 17.7 Å². The number of carbonyl (C=O) groups is 3. The number of ether oxygens (including phenoxy) is 2. The third-order valence-corrected chi connectivity index (χ3v) is 11.2. The fourth-order valence-corrected chi connectivity index (χ4v) is 8.62. The number of aliphatic hydroxyl groups is 3. The van der Waals surface area contributed by atoms with Gasteiger partial charge in [0, 0.05) is 47.5 Å². The van der Waals surface area contributed by atoms with Crippen molar-refractivity contribution in [1.29, 1.82) is 0 Å². The molecule has 0 heterocycles. The molecule has 8 heteroatoms. The summed E-state index contributed by atoms with van der Waals surface area (Å²) in [5.74, 6) is -4.44. The summed E-state index contributed by atoms with van der Waals surface area (Å²) < 4.78 is 12.6. The normalized spacial score (nSPS) is 36.9. The van der Waals surface area contributed by atoms with Gasteiger partial charge in [0.25, 0.3) is 0 Å². The first-order valence-electron chi connectivity index (χ1n) is 16.2. The molecule has 4 rings (SSSR count). The molecule has 0 aromatic rings. The Kier molecular flexibility index (Phi) is 10.9. The van der Waals surface area contributed by atoms with E-state index in [0.29, 0.717) is 23.1 Å².